The number of rotatable bonds is 3. The Hall–Kier alpha value is -1.77. The first-order valence-electron chi connectivity index (χ1n) is 7.43. The standard InChI is InChI=1S/C19H18Cl2N2/c1-19(2)15-6-4-3-5-13(15)14-8-7-12(9-16(14)19)17(23-11-20)10-18(21)22/h3-10H,11,22H2,1-2H3/b18-10-,23-17+. The molecule has 0 amide bonds. The van der Waals surface area contributed by atoms with Crippen LogP contribution >= 0.6 is 23.2 Å². The molecule has 0 aromatic heterocycles. The maximum atomic E-state index is 5.82. The number of nitrogens with zero attached hydrogens (tertiary/aromatic N) is 1. The van der Waals surface area contributed by atoms with E-state index in [1.165, 1.54) is 22.3 Å². The third kappa shape index (κ3) is 2.77. The second kappa shape index (κ2) is 6.03. The van der Waals surface area contributed by atoms with Gasteiger partial charge < -0.3 is 5.73 Å². The van der Waals surface area contributed by atoms with Crippen molar-refractivity contribution < 1.29 is 0 Å². The SMILES string of the molecule is CC1(C)c2ccccc2-c2ccc(C(/C=C(\N)Cl)=N/CCl)cc21. The van der Waals surface area contributed by atoms with E-state index in [2.05, 4.69) is 55.2 Å². The molecule has 0 bridgehead atoms. The Morgan fingerprint density at radius 1 is 1.13 bits per heavy atom. The van der Waals surface area contributed by atoms with E-state index < -0.39 is 0 Å². The van der Waals surface area contributed by atoms with Crippen molar-refractivity contribution in [3.63, 3.8) is 0 Å². The van der Waals surface area contributed by atoms with Gasteiger partial charge in [-0.05, 0) is 34.4 Å². The van der Waals surface area contributed by atoms with E-state index in [4.69, 9.17) is 28.9 Å². The number of aliphatic imine (C=N–C) groups is 1. The number of fused-ring (bicyclic) bond motifs is 3. The zero-order valence-corrected chi connectivity index (χ0v) is 14.6. The largest absolute Gasteiger partial charge is 0.389 e. The second-order valence-corrected chi connectivity index (χ2v) is 6.80. The first-order chi connectivity index (χ1) is 10.9. The monoisotopic (exact) mass is 344 g/mol. The van der Waals surface area contributed by atoms with Crippen molar-refractivity contribution in [1.29, 1.82) is 0 Å². The summed E-state index contributed by atoms with van der Waals surface area (Å²) in [4.78, 5) is 4.30. The molecule has 0 atom stereocenters. The van der Waals surface area contributed by atoms with Gasteiger partial charge in [0.2, 0.25) is 0 Å². The predicted molar refractivity (Wildman–Crippen MR) is 99.4 cm³/mol. The number of alkyl halides is 1. The van der Waals surface area contributed by atoms with Crippen LogP contribution in [0.4, 0.5) is 0 Å². The molecule has 0 fully saturated rings. The minimum absolute atomic E-state index is 0.0514. The van der Waals surface area contributed by atoms with Gasteiger partial charge in [-0.1, -0.05) is 61.8 Å². The minimum atomic E-state index is -0.0514. The normalized spacial score (nSPS) is 16.2. The van der Waals surface area contributed by atoms with Gasteiger partial charge in [0.05, 0.1) is 5.71 Å². The summed E-state index contributed by atoms with van der Waals surface area (Å²) in [5, 5.41) is 0.192. The van der Waals surface area contributed by atoms with Crippen molar-refractivity contribution in [2.24, 2.45) is 10.7 Å². The van der Waals surface area contributed by atoms with Crippen molar-refractivity contribution in [3.8, 4) is 11.1 Å². The molecule has 118 valence electrons. The zero-order chi connectivity index (χ0) is 16.6. The summed E-state index contributed by atoms with van der Waals surface area (Å²) in [7, 11) is 0. The fourth-order valence-corrected chi connectivity index (χ4v) is 3.51. The van der Waals surface area contributed by atoms with E-state index in [1.807, 2.05) is 6.07 Å². The molecule has 0 saturated heterocycles. The summed E-state index contributed by atoms with van der Waals surface area (Å²) in [5.41, 5.74) is 12.4. The highest BCUT2D eigenvalue weighted by Crippen LogP contribution is 2.48. The Morgan fingerprint density at radius 3 is 2.52 bits per heavy atom. The first-order valence-corrected chi connectivity index (χ1v) is 8.34. The lowest BCUT2D eigenvalue weighted by atomic mass is 9.82. The summed E-state index contributed by atoms with van der Waals surface area (Å²) in [5.74, 6) is 0. The highest BCUT2D eigenvalue weighted by molar-refractivity contribution is 6.31. The van der Waals surface area contributed by atoms with E-state index in [0.717, 1.165) is 5.56 Å². The first kappa shape index (κ1) is 16.1. The van der Waals surface area contributed by atoms with Crippen molar-refractivity contribution >= 4 is 28.9 Å². The van der Waals surface area contributed by atoms with Crippen LogP contribution < -0.4 is 5.73 Å². The molecule has 2 aromatic carbocycles. The van der Waals surface area contributed by atoms with Crippen molar-refractivity contribution in [2.45, 2.75) is 19.3 Å². The molecule has 3 rings (SSSR count). The molecule has 2 N–H and O–H groups in total. The Bertz CT molecular complexity index is 816. The summed E-state index contributed by atoms with van der Waals surface area (Å²) < 4.78 is 0. The number of hydrogen-bond donors (Lipinski definition) is 1. The fourth-order valence-electron chi connectivity index (χ4n) is 3.28. The van der Waals surface area contributed by atoms with Gasteiger partial charge in [-0.15, -0.1) is 11.6 Å². The molecular formula is C19H18Cl2N2. The molecule has 1 aliphatic carbocycles. The van der Waals surface area contributed by atoms with Crippen LogP contribution in [0, 0.1) is 0 Å². The third-order valence-electron chi connectivity index (χ3n) is 4.38. The lowest BCUT2D eigenvalue weighted by molar-refractivity contribution is 0.660. The van der Waals surface area contributed by atoms with Crippen LogP contribution in [0.5, 0.6) is 0 Å². The van der Waals surface area contributed by atoms with E-state index in [9.17, 15) is 0 Å². The molecule has 1 aliphatic rings. The molecular weight excluding hydrogens is 327 g/mol. The number of hydrogen-bond acceptors (Lipinski definition) is 2. The Kier molecular flexibility index (Phi) is 4.22. The van der Waals surface area contributed by atoms with Crippen molar-refractivity contribution in [3.05, 3.63) is 70.4 Å². The lowest BCUT2D eigenvalue weighted by Crippen LogP contribution is -2.15. The second-order valence-electron chi connectivity index (χ2n) is 6.12. The molecule has 4 heteroatoms. The van der Waals surface area contributed by atoms with Crippen LogP contribution in [0.25, 0.3) is 11.1 Å². The van der Waals surface area contributed by atoms with Gasteiger partial charge in [0.25, 0.3) is 0 Å². The zero-order valence-electron chi connectivity index (χ0n) is 13.1. The number of halogens is 2. The summed E-state index contributed by atoms with van der Waals surface area (Å²) in [6, 6.07) is 15.0. The van der Waals surface area contributed by atoms with Crippen LogP contribution in [0.2, 0.25) is 0 Å². The number of benzene rings is 2. The molecule has 0 spiro atoms. The van der Waals surface area contributed by atoms with Gasteiger partial charge in [0, 0.05) is 11.0 Å². The highest BCUT2D eigenvalue weighted by Gasteiger charge is 2.35. The molecule has 2 aromatic rings. The Labute approximate surface area is 146 Å². The van der Waals surface area contributed by atoms with E-state index in [0.29, 0.717) is 5.71 Å². The molecule has 0 aliphatic heterocycles. The van der Waals surface area contributed by atoms with Crippen LogP contribution in [-0.4, -0.2) is 11.7 Å². The van der Waals surface area contributed by atoms with Crippen LogP contribution in [0.3, 0.4) is 0 Å². The van der Waals surface area contributed by atoms with Gasteiger partial charge in [-0.3, -0.25) is 4.99 Å². The summed E-state index contributed by atoms with van der Waals surface area (Å²) >= 11 is 11.6. The number of allylic oxidation sites excluding steroid dienone is 1. The van der Waals surface area contributed by atoms with Gasteiger partial charge in [0.15, 0.2) is 0 Å². The third-order valence-corrected chi connectivity index (χ3v) is 4.61. The highest BCUT2D eigenvalue weighted by atomic mass is 35.5. The molecule has 0 unspecified atom stereocenters. The smallest absolute Gasteiger partial charge is 0.114 e. The van der Waals surface area contributed by atoms with Gasteiger partial charge in [-0.2, -0.15) is 0 Å². The maximum absolute atomic E-state index is 5.82. The lowest BCUT2D eigenvalue weighted by Gasteiger charge is -2.22. The average molecular weight is 345 g/mol. The number of nitrogens with two attached hydrogens (primary N) is 1. The van der Waals surface area contributed by atoms with Crippen molar-refractivity contribution in [2.75, 3.05) is 6.00 Å². The van der Waals surface area contributed by atoms with Gasteiger partial charge in [-0.25, -0.2) is 0 Å². The fraction of sp³-hybridized carbons (Fsp3) is 0.211. The van der Waals surface area contributed by atoms with Crippen LogP contribution in [0.1, 0.15) is 30.5 Å². The van der Waals surface area contributed by atoms with E-state index in [1.54, 1.807) is 6.08 Å². The predicted octanol–water partition coefficient (Wildman–Crippen LogP) is 5.02. The molecule has 23 heavy (non-hydrogen) atoms. The van der Waals surface area contributed by atoms with E-state index >= 15 is 0 Å². The molecule has 0 radical (unpaired) electrons. The quantitative estimate of drug-likeness (QED) is 0.474. The van der Waals surface area contributed by atoms with Gasteiger partial charge >= 0.3 is 0 Å². The van der Waals surface area contributed by atoms with Crippen LogP contribution in [0.15, 0.2) is 58.7 Å². The van der Waals surface area contributed by atoms with Crippen LogP contribution in [-0.2, 0) is 5.41 Å². The molecule has 0 saturated carbocycles. The Balaban J connectivity index is 2.17. The van der Waals surface area contributed by atoms with Gasteiger partial charge in [0.1, 0.15) is 11.2 Å². The molecule has 0 heterocycles. The topological polar surface area (TPSA) is 38.4 Å². The molecule has 2 nitrogen and oxygen atoms in total. The Morgan fingerprint density at radius 2 is 1.83 bits per heavy atom. The maximum Gasteiger partial charge on any atom is 0.114 e. The van der Waals surface area contributed by atoms with Crippen molar-refractivity contribution in [1.82, 2.24) is 0 Å². The average Bonchev–Trinajstić information content (AvgIpc) is 2.75. The van der Waals surface area contributed by atoms with E-state index in [-0.39, 0.29) is 16.6 Å². The summed E-state index contributed by atoms with van der Waals surface area (Å²) in [6.45, 7) is 4.48. The minimum Gasteiger partial charge on any atom is -0.389 e. The summed E-state index contributed by atoms with van der Waals surface area (Å²) in [6.07, 6.45) is 1.64.